The summed E-state index contributed by atoms with van der Waals surface area (Å²) in [7, 11) is -3.06. The number of hydrogen-bond acceptors (Lipinski definition) is 4. The molecule has 0 fully saturated rings. The van der Waals surface area contributed by atoms with Crippen molar-refractivity contribution in [2.75, 3.05) is 18.6 Å². The quantitative estimate of drug-likeness (QED) is 0.743. The average Bonchev–Trinajstić information content (AvgIpc) is 2.35. The van der Waals surface area contributed by atoms with Crippen molar-refractivity contribution in [1.29, 1.82) is 0 Å². The van der Waals surface area contributed by atoms with Crippen LogP contribution in [0.25, 0.3) is 0 Å². The standard InChI is InChI=1S/C13H20N2O3S/c1-19(17,18)10-9-15-13(16)12(14)8-7-11-5-3-2-4-6-11/h2-6,12H,7-10,14H2,1H3,(H,15,16). The number of sulfone groups is 1. The zero-order valence-electron chi connectivity index (χ0n) is 11.0. The minimum Gasteiger partial charge on any atom is -0.354 e. The molecular formula is C13H20N2O3S. The molecule has 3 N–H and O–H groups in total. The second-order valence-electron chi connectivity index (χ2n) is 4.55. The highest BCUT2D eigenvalue weighted by Gasteiger charge is 2.13. The highest BCUT2D eigenvalue weighted by molar-refractivity contribution is 7.90. The Labute approximate surface area is 114 Å². The highest BCUT2D eigenvalue weighted by atomic mass is 32.2. The Hall–Kier alpha value is -1.40. The fourth-order valence-electron chi connectivity index (χ4n) is 1.59. The summed E-state index contributed by atoms with van der Waals surface area (Å²) >= 11 is 0. The Morgan fingerprint density at radius 3 is 2.53 bits per heavy atom. The summed E-state index contributed by atoms with van der Waals surface area (Å²) in [6.07, 6.45) is 2.39. The van der Waals surface area contributed by atoms with Gasteiger partial charge >= 0.3 is 0 Å². The minimum absolute atomic E-state index is 0.0653. The van der Waals surface area contributed by atoms with Crippen molar-refractivity contribution in [3.8, 4) is 0 Å². The third-order valence-corrected chi connectivity index (χ3v) is 3.64. The first kappa shape index (κ1) is 15.7. The van der Waals surface area contributed by atoms with Crippen LogP contribution in [0.4, 0.5) is 0 Å². The number of benzene rings is 1. The number of carbonyl (C=O) groups excluding carboxylic acids is 1. The Kier molecular flexibility index (Phi) is 5.98. The first-order valence-corrected chi connectivity index (χ1v) is 8.19. The molecule has 1 amide bonds. The average molecular weight is 284 g/mol. The van der Waals surface area contributed by atoms with E-state index >= 15 is 0 Å². The van der Waals surface area contributed by atoms with E-state index in [4.69, 9.17) is 5.73 Å². The lowest BCUT2D eigenvalue weighted by Gasteiger charge is -2.11. The predicted molar refractivity (Wildman–Crippen MR) is 75.5 cm³/mol. The third kappa shape index (κ3) is 6.93. The highest BCUT2D eigenvalue weighted by Crippen LogP contribution is 2.03. The number of amides is 1. The molecule has 0 aliphatic heterocycles. The van der Waals surface area contributed by atoms with Gasteiger partial charge in [0.05, 0.1) is 11.8 Å². The van der Waals surface area contributed by atoms with Crippen molar-refractivity contribution in [3.05, 3.63) is 35.9 Å². The van der Waals surface area contributed by atoms with Gasteiger partial charge in [0.2, 0.25) is 5.91 Å². The maximum absolute atomic E-state index is 11.6. The van der Waals surface area contributed by atoms with Crippen LogP contribution in [0.15, 0.2) is 30.3 Å². The Morgan fingerprint density at radius 2 is 1.95 bits per heavy atom. The second kappa shape index (κ2) is 7.25. The van der Waals surface area contributed by atoms with Crippen LogP contribution in [-0.4, -0.2) is 38.9 Å². The summed E-state index contributed by atoms with van der Waals surface area (Å²) in [4.78, 5) is 11.6. The van der Waals surface area contributed by atoms with E-state index in [2.05, 4.69) is 5.32 Å². The van der Waals surface area contributed by atoms with Crippen molar-refractivity contribution < 1.29 is 13.2 Å². The third-order valence-electron chi connectivity index (χ3n) is 2.70. The van der Waals surface area contributed by atoms with Crippen LogP contribution >= 0.6 is 0 Å². The van der Waals surface area contributed by atoms with Crippen molar-refractivity contribution in [1.82, 2.24) is 5.32 Å². The molecule has 0 aliphatic carbocycles. The molecule has 0 heterocycles. The van der Waals surface area contributed by atoms with Gasteiger partial charge in [-0.05, 0) is 18.4 Å². The lowest BCUT2D eigenvalue weighted by atomic mass is 10.1. The summed E-state index contributed by atoms with van der Waals surface area (Å²) in [6, 6.07) is 9.16. The van der Waals surface area contributed by atoms with Crippen molar-refractivity contribution >= 4 is 15.7 Å². The number of nitrogens with one attached hydrogen (secondary N) is 1. The maximum atomic E-state index is 11.6. The number of nitrogens with two attached hydrogens (primary N) is 1. The summed E-state index contributed by atoms with van der Waals surface area (Å²) in [6.45, 7) is 0.108. The zero-order chi connectivity index (χ0) is 14.3. The number of carbonyl (C=O) groups is 1. The molecule has 0 bridgehead atoms. The van der Waals surface area contributed by atoms with Crippen LogP contribution in [0.2, 0.25) is 0 Å². The SMILES string of the molecule is CS(=O)(=O)CCNC(=O)C(N)CCc1ccccc1. The van der Waals surface area contributed by atoms with Gasteiger partial charge in [-0.25, -0.2) is 8.42 Å². The van der Waals surface area contributed by atoms with Gasteiger partial charge in [-0.15, -0.1) is 0 Å². The maximum Gasteiger partial charge on any atom is 0.236 e. The normalized spacial score (nSPS) is 12.9. The zero-order valence-corrected chi connectivity index (χ0v) is 11.8. The number of rotatable bonds is 7. The molecule has 1 aromatic rings. The first-order valence-electron chi connectivity index (χ1n) is 6.13. The van der Waals surface area contributed by atoms with E-state index in [1.807, 2.05) is 30.3 Å². The molecular weight excluding hydrogens is 264 g/mol. The van der Waals surface area contributed by atoms with Gasteiger partial charge in [-0.3, -0.25) is 4.79 Å². The minimum atomic E-state index is -3.06. The van der Waals surface area contributed by atoms with Gasteiger partial charge in [-0.2, -0.15) is 0 Å². The Balaban J connectivity index is 2.29. The molecule has 1 rings (SSSR count). The van der Waals surface area contributed by atoms with E-state index in [9.17, 15) is 13.2 Å². The first-order chi connectivity index (χ1) is 8.88. The molecule has 1 unspecified atom stereocenters. The molecule has 5 nitrogen and oxygen atoms in total. The van der Waals surface area contributed by atoms with Crippen LogP contribution in [0, 0.1) is 0 Å². The predicted octanol–water partition coefficient (Wildman–Crippen LogP) is 0.107. The van der Waals surface area contributed by atoms with Crippen LogP contribution in [0.5, 0.6) is 0 Å². The van der Waals surface area contributed by atoms with E-state index < -0.39 is 15.9 Å². The summed E-state index contributed by atoms with van der Waals surface area (Å²) < 4.78 is 21.8. The summed E-state index contributed by atoms with van der Waals surface area (Å²) in [5.74, 6) is -0.371. The van der Waals surface area contributed by atoms with Gasteiger partial charge in [0.1, 0.15) is 9.84 Å². The van der Waals surface area contributed by atoms with E-state index in [0.29, 0.717) is 6.42 Å². The van der Waals surface area contributed by atoms with Crippen molar-refractivity contribution in [3.63, 3.8) is 0 Å². The van der Waals surface area contributed by atoms with E-state index in [0.717, 1.165) is 18.2 Å². The van der Waals surface area contributed by atoms with Crippen LogP contribution < -0.4 is 11.1 Å². The van der Waals surface area contributed by atoms with Gasteiger partial charge in [0.15, 0.2) is 0 Å². The van der Waals surface area contributed by atoms with E-state index in [-0.39, 0.29) is 18.2 Å². The summed E-state index contributed by atoms with van der Waals surface area (Å²) in [5, 5.41) is 2.53. The smallest absolute Gasteiger partial charge is 0.236 e. The van der Waals surface area contributed by atoms with Gasteiger partial charge < -0.3 is 11.1 Å². The van der Waals surface area contributed by atoms with Gasteiger partial charge in [-0.1, -0.05) is 30.3 Å². The molecule has 0 spiro atoms. The van der Waals surface area contributed by atoms with Crippen molar-refractivity contribution in [2.24, 2.45) is 5.73 Å². The van der Waals surface area contributed by atoms with Crippen LogP contribution in [0.3, 0.4) is 0 Å². The van der Waals surface area contributed by atoms with Crippen molar-refractivity contribution in [2.45, 2.75) is 18.9 Å². The molecule has 0 aliphatic rings. The molecule has 1 aromatic carbocycles. The lowest BCUT2D eigenvalue weighted by Crippen LogP contribution is -2.42. The Bertz CT molecular complexity index is 500. The molecule has 1 atom stereocenters. The van der Waals surface area contributed by atoms with E-state index in [1.165, 1.54) is 0 Å². The molecule has 106 valence electrons. The molecule has 0 saturated carbocycles. The van der Waals surface area contributed by atoms with Crippen LogP contribution in [-0.2, 0) is 21.1 Å². The Morgan fingerprint density at radius 1 is 1.32 bits per heavy atom. The fourth-order valence-corrected chi connectivity index (χ4v) is 2.06. The van der Waals surface area contributed by atoms with Gasteiger partial charge in [0.25, 0.3) is 0 Å². The number of hydrogen-bond donors (Lipinski definition) is 2. The molecule has 0 aromatic heterocycles. The van der Waals surface area contributed by atoms with Gasteiger partial charge in [0, 0.05) is 12.8 Å². The van der Waals surface area contributed by atoms with E-state index in [1.54, 1.807) is 0 Å². The summed E-state index contributed by atoms with van der Waals surface area (Å²) in [5.41, 5.74) is 6.88. The molecule has 0 radical (unpaired) electrons. The molecule has 0 saturated heterocycles. The van der Waals surface area contributed by atoms with Crippen LogP contribution in [0.1, 0.15) is 12.0 Å². The largest absolute Gasteiger partial charge is 0.354 e. The molecule has 6 heteroatoms. The number of aryl methyl sites for hydroxylation is 1. The lowest BCUT2D eigenvalue weighted by molar-refractivity contribution is -0.122. The molecule has 19 heavy (non-hydrogen) atoms. The monoisotopic (exact) mass is 284 g/mol. The topological polar surface area (TPSA) is 89.3 Å². The second-order valence-corrected chi connectivity index (χ2v) is 6.81. The fraction of sp³-hybridized carbons (Fsp3) is 0.462.